The third kappa shape index (κ3) is 4.05. The second-order valence-corrected chi connectivity index (χ2v) is 5.70. The Balaban J connectivity index is 1.59. The van der Waals surface area contributed by atoms with E-state index in [1.807, 2.05) is 24.3 Å². The van der Waals surface area contributed by atoms with Crippen molar-refractivity contribution in [2.45, 2.75) is 25.5 Å². The Hall–Kier alpha value is -2.54. The van der Waals surface area contributed by atoms with E-state index in [-0.39, 0.29) is 6.10 Å². The highest BCUT2D eigenvalue weighted by molar-refractivity contribution is 5.74. The Kier molecular flexibility index (Phi) is 5.32. The number of nitrogens with one attached hydrogen (secondary N) is 2. The van der Waals surface area contributed by atoms with E-state index in [1.54, 1.807) is 7.11 Å². The largest absolute Gasteiger partial charge is 0.497 e. The van der Waals surface area contributed by atoms with Crippen molar-refractivity contribution in [3.05, 3.63) is 36.2 Å². The highest BCUT2D eigenvalue weighted by Crippen LogP contribution is 2.24. The minimum Gasteiger partial charge on any atom is -0.497 e. The molecule has 1 aromatic carbocycles. The number of methoxy groups -OCH3 is 1. The van der Waals surface area contributed by atoms with Crippen LogP contribution in [-0.4, -0.2) is 36.3 Å². The molecule has 1 aromatic heterocycles. The molecule has 7 nitrogen and oxygen atoms in total. The zero-order valence-corrected chi connectivity index (χ0v) is 13.8. The third-order valence-corrected chi connectivity index (χ3v) is 4.02. The van der Waals surface area contributed by atoms with Crippen LogP contribution in [0.5, 0.6) is 5.75 Å². The maximum Gasteiger partial charge on any atom is 0.155 e. The van der Waals surface area contributed by atoms with Gasteiger partial charge in [-0.1, -0.05) is 12.1 Å². The molecule has 0 bridgehead atoms. The number of nitrogens with two attached hydrogens (primary N) is 1. The van der Waals surface area contributed by atoms with Crippen LogP contribution in [0.3, 0.4) is 0 Å². The molecule has 2 aromatic rings. The van der Waals surface area contributed by atoms with Crippen LogP contribution >= 0.6 is 0 Å². The summed E-state index contributed by atoms with van der Waals surface area (Å²) in [6, 6.07) is 7.85. The fourth-order valence-electron chi connectivity index (χ4n) is 2.62. The van der Waals surface area contributed by atoms with Crippen LogP contribution in [0.25, 0.3) is 0 Å². The van der Waals surface area contributed by atoms with Gasteiger partial charge >= 0.3 is 0 Å². The topological polar surface area (TPSA) is 94.3 Å². The smallest absolute Gasteiger partial charge is 0.155 e. The molecule has 1 unspecified atom stereocenters. The highest BCUT2D eigenvalue weighted by Gasteiger charge is 2.16. The molecule has 0 aliphatic carbocycles. The van der Waals surface area contributed by atoms with Crippen LogP contribution in [0.15, 0.2) is 30.6 Å². The molecule has 0 saturated carbocycles. The lowest BCUT2D eigenvalue weighted by molar-refractivity contribution is 0.120. The third-order valence-electron chi connectivity index (χ3n) is 4.02. The van der Waals surface area contributed by atoms with Gasteiger partial charge < -0.3 is 25.8 Å². The molecule has 128 valence electrons. The van der Waals surface area contributed by atoms with Gasteiger partial charge in [0.2, 0.25) is 0 Å². The van der Waals surface area contributed by atoms with Crippen LogP contribution < -0.4 is 21.1 Å². The fourth-order valence-corrected chi connectivity index (χ4v) is 2.62. The number of aromatic nitrogens is 2. The van der Waals surface area contributed by atoms with Crippen molar-refractivity contribution in [1.82, 2.24) is 9.97 Å². The van der Waals surface area contributed by atoms with E-state index in [0.29, 0.717) is 30.4 Å². The molecule has 4 N–H and O–H groups in total. The van der Waals surface area contributed by atoms with Crippen molar-refractivity contribution in [2.24, 2.45) is 0 Å². The molecule has 1 saturated heterocycles. The molecule has 0 amide bonds. The molecule has 24 heavy (non-hydrogen) atoms. The predicted molar refractivity (Wildman–Crippen MR) is 94.2 cm³/mol. The number of hydrogen-bond acceptors (Lipinski definition) is 7. The monoisotopic (exact) mass is 329 g/mol. The number of nitrogen functional groups attached to an aromatic ring is 1. The predicted octanol–water partition coefficient (Wildman–Crippen LogP) is 2.27. The summed E-state index contributed by atoms with van der Waals surface area (Å²) in [5.74, 6) is 2.09. The maximum absolute atomic E-state index is 6.17. The van der Waals surface area contributed by atoms with E-state index in [9.17, 15) is 0 Å². The van der Waals surface area contributed by atoms with Gasteiger partial charge in [0.05, 0.1) is 13.2 Å². The Morgan fingerprint density at radius 1 is 1.21 bits per heavy atom. The van der Waals surface area contributed by atoms with E-state index >= 15 is 0 Å². The zero-order chi connectivity index (χ0) is 16.8. The van der Waals surface area contributed by atoms with E-state index in [2.05, 4.69) is 20.6 Å². The van der Waals surface area contributed by atoms with E-state index in [0.717, 1.165) is 30.8 Å². The van der Waals surface area contributed by atoms with Crippen molar-refractivity contribution in [2.75, 3.05) is 36.6 Å². The quantitative estimate of drug-likeness (QED) is 0.717. The second kappa shape index (κ2) is 7.83. The van der Waals surface area contributed by atoms with Gasteiger partial charge in [-0.15, -0.1) is 0 Å². The van der Waals surface area contributed by atoms with Crippen LogP contribution in [0.4, 0.5) is 17.3 Å². The molecule has 1 fully saturated rings. The van der Waals surface area contributed by atoms with Crippen molar-refractivity contribution < 1.29 is 9.47 Å². The molecule has 7 heteroatoms. The standard InChI is InChI=1S/C17H23N5O2/c1-23-13-6-4-12(5-7-13)9-19-16-15(18)17(22-11-21-16)20-10-14-3-2-8-24-14/h4-7,11,14H,2-3,8-10,18H2,1H3,(H2,19,20,21,22). The summed E-state index contributed by atoms with van der Waals surface area (Å²) in [6.45, 7) is 2.16. The van der Waals surface area contributed by atoms with Gasteiger partial charge in [-0.25, -0.2) is 9.97 Å². The second-order valence-electron chi connectivity index (χ2n) is 5.70. The molecule has 1 aliphatic rings. The molecule has 1 aliphatic heterocycles. The summed E-state index contributed by atoms with van der Waals surface area (Å²) < 4.78 is 10.8. The van der Waals surface area contributed by atoms with Crippen molar-refractivity contribution in [3.8, 4) is 5.75 Å². The summed E-state index contributed by atoms with van der Waals surface area (Å²) in [5, 5.41) is 6.50. The zero-order valence-electron chi connectivity index (χ0n) is 13.8. The van der Waals surface area contributed by atoms with E-state index in [1.165, 1.54) is 6.33 Å². The van der Waals surface area contributed by atoms with Gasteiger partial charge in [0.1, 0.15) is 17.8 Å². The fraction of sp³-hybridized carbons (Fsp3) is 0.412. The van der Waals surface area contributed by atoms with Crippen molar-refractivity contribution in [1.29, 1.82) is 0 Å². The first-order valence-corrected chi connectivity index (χ1v) is 8.09. The van der Waals surface area contributed by atoms with E-state index < -0.39 is 0 Å². The average Bonchev–Trinajstić information content (AvgIpc) is 3.14. The summed E-state index contributed by atoms with van der Waals surface area (Å²) in [5.41, 5.74) is 7.80. The molecule has 3 rings (SSSR count). The van der Waals surface area contributed by atoms with Crippen LogP contribution in [0, 0.1) is 0 Å². The first-order chi connectivity index (χ1) is 11.8. The summed E-state index contributed by atoms with van der Waals surface area (Å²) in [7, 11) is 1.65. The number of ether oxygens (including phenoxy) is 2. The normalized spacial score (nSPS) is 16.8. The van der Waals surface area contributed by atoms with Crippen molar-refractivity contribution in [3.63, 3.8) is 0 Å². The average molecular weight is 329 g/mol. The highest BCUT2D eigenvalue weighted by atomic mass is 16.5. The first kappa shape index (κ1) is 16.3. The summed E-state index contributed by atoms with van der Waals surface area (Å²) in [4.78, 5) is 8.44. The number of hydrogen-bond donors (Lipinski definition) is 3. The van der Waals surface area contributed by atoms with Gasteiger partial charge in [0.25, 0.3) is 0 Å². The van der Waals surface area contributed by atoms with Crippen LogP contribution in [0.2, 0.25) is 0 Å². The maximum atomic E-state index is 6.17. The minimum atomic E-state index is 0.232. The van der Waals surface area contributed by atoms with Gasteiger partial charge in [0, 0.05) is 19.7 Å². The van der Waals surface area contributed by atoms with Gasteiger partial charge in [-0.3, -0.25) is 0 Å². The Morgan fingerprint density at radius 2 is 1.96 bits per heavy atom. The lowest BCUT2D eigenvalue weighted by Crippen LogP contribution is -2.20. The Morgan fingerprint density at radius 3 is 2.62 bits per heavy atom. The van der Waals surface area contributed by atoms with Crippen molar-refractivity contribution >= 4 is 17.3 Å². The minimum absolute atomic E-state index is 0.232. The summed E-state index contributed by atoms with van der Waals surface area (Å²) >= 11 is 0. The molecular formula is C17H23N5O2. The van der Waals surface area contributed by atoms with Crippen LogP contribution in [0.1, 0.15) is 18.4 Å². The van der Waals surface area contributed by atoms with Gasteiger partial charge in [-0.05, 0) is 30.5 Å². The molecule has 0 spiro atoms. The van der Waals surface area contributed by atoms with Crippen LogP contribution in [-0.2, 0) is 11.3 Å². The lowest BCUT2D eigenvalue weighted by atomic mass is 10.2. The van der Waals surface area contributed by atoms with E-state index in [4.69, 9.17) is 15.2 Å². The summed E-state index contributed by atoms with van der Waals surface area (Å²) in [6.07, 6.45) is 3.92. The molecule has 2 heterocycles. The molecule has 1 atom stereocenters. The number of nitrogens with zero attached hydrogens (tertiary/aromatic N) is 2. The SMILES string of the molecule is COc1ccc(CNc2ncnc(NCC3CCCO3)c2N)cc1. The lowest BCUT2D eigenvalue weighted by Gasteiger charge is -2.15. The number of anilines is 3. The molecular weight excluding hydrogens is 306 g/mol. The Bertz CT molecular complexity index is 657. The number of benzene rings is 1. The first-order valence-electron chi connectivity index (χ1n) is 8.09. The Labute approximate surface area is 141 Å². The molecule has 0 radical (unpaired) electrons. The van der Waals surface area contributed by atoms with Gasteiger partial charge in [-0.2, -0.15) is 0 Å². The number of rotatable bonds is 7. The van der Waals surface area contributed by atoms with Gasteiger partial charge in [0.15, 0.2) is 11.6 Å².